The number of hydrogen-bond acceptors (Lipinski definition) is 4. The van der Waals surface area contributed by atoms with Crippen LogP contribution < -0.4 is 5.73 Å². The van der Waals surface area contributed by atoms with Gasteiger partial charge in [0, 0.05) is 18.3 Å². The maximum absolute atomic E-state index is 13.4. The van der Waals surface area contributed by atoms with Crippen molar-refractivity contribution in [3.8, 4) is 0 Å². The highest BCUT2D eigenvalue weighted by molar-refractivity contribution is 7.89. The molecule has 0 aromatic heterocycles. The van der Waals surface area contributed by atoms with Crippen LogP contribution in [0, 0.1) is 5.82 Å². The Labute approximate surface area is 118 Å². The van der Waals surface area contributed by atoms with Crippen LogP contribution in [0.1, 0.15) is 25.7 Å². The summed E-state index contributed by atoms with van der Waals surface area (Å²) in [4.78, 5) is -0.157. The quantitative estimate of drug-likeness (QED) is 0.804. The molecule has 1 aromatic carbocycles. The second-order valence-electron chi connectivity index (χ2n) is 5.00. The molecule has 2 rings (SSSR count). The number of nitrogens with zero attached hydrogens (tertiary/aromatic N) is 1. The van der Waals surface area contributed by atoms with Gasteiger partial charge in [-0.15, -0.1) is 0 Å². The van der Waals surface area contributed by atoms with Gasteiger partial charge in [-0.05, 0) is 31.0 Å². The molecule has 0 saturated heterocycles. The van der Waals surface area contributed by atoms with Crippen molar-refractivity contribution in [3.63, 3.8) is 0 Å². The molecule has 0 aliphatic heterocycles. The molecule has 1 fully saturated rings. The van der Waals surface area contributed by atoms with Crippen molar-refractivity contribution >= 4 is 15.7 Å². The van der Waals surface area contributed by atoms with E-state index in [4.69, 9.17) is 10.8 Å². The van der Waals surface area contributed by atoms with Crippen molar-refractivity contribution in [3.05, 3.63) is 24.0 Å². The molecule has 1 aromatic rings. The Hall–Kier alpha value is -1.18. The Balaban J connectivity index is 2.38. The van der Waals surface area contributed by atoms with Gasteiger partial charge in [0.15, 0.2) is 0 Å². The number of benzene rings is 1. The predicted molar refractivity (Wildman–Crippen MR) is 74.0 cm³/mol. The summed E-state index contributed by atoms with van der Waals surface area (Å²) < 4.78 is 39.9. The van der Waals surface area contributed by atoms with Gasteiger partial charge < -0.3 is 10.8 Å². The third kappa shape index (κ3) is 3.11. The van der Waals surface area contributed by atoms with Gasteiger partial charge in [-0.25, -0.2) is 12.8 Å². The zero-order chi connectivity index (χ0) is 14.8. The second kappa shape index (κ2) is 6.07. The molecule has 0 spiro atoms. The number of nitrogen functional groups attached to an aromatic ring is 1. The van der Waals surface area contributed by atoms with E-state index >= 15 is 0 Å². The molecule has 20 heavy (non-hydrogen) atoms. The fraction of sp³-hybridized carbons (Fsp3) is 0.538. The zero-order valence-corrected chi connectivity index (χ0v) is 11.9. The first-order valence-electron chi connectivity index (χ1n) is 6.64. The highest BCUT2D eigenvalue weighted by Crippen LogP contribution is 2.29. The first-order chi connectivity index (χ1) is 9.45. The minimum Gasteiger partial charge on any atom is -0.399 e. The van der Waals surface area contributed by atoms with E-state index in [1.807, 2.05) is 0 Å². The third-order valence-corrected chi connectivity index (χ3v) is 5.48. The number of hydrogen-bond donors (Lipinski definition) is 2. The number of aliphatic hydroxyl groups excluding tert-OH is 1. The molecule has 0 bridgehead atoms. The van der Waals surface area contributed by atoms with Crippen LogP contribution in [0.4, 0.5) is 10.1 Å². The fourth-order valence-corrected chi connectivity index (χ4v) is 4.40. The minimum absolute atomic E-state index is 0.0173. The summed E-state index contributed by atoms with van der Waals surface area (Å²) in [7, 11) is -3.84. The summed E-state index contributed by atoms with van der Waals surface area (Å²) in [5, 5.41) is 9.11. The van der Waals surface area contributed by atoms with E-state index in [2.05, 4.69) is 0 Å². The molecule has 0 radical (unpaired) electrons. The number of anilines is 1. The van der Waals surface area contributed by atoms with Gasteiger partial charge in [0.25, 0.3) is 0 Å². The monoisotopic (exact) mass is 302 g/mol. The van der Waals surface area contributed by atoms with Gasteiger partial charge in [0.1, 0.15) is 5.82 Å². The number of rotatable bonds is 5. The summed E-state index contributed by atoms with van der Waals surface area (Å²) in [6, 6.07) is 3.16. The normalized spacial score (nSPS) is 16.9. The van der Waals surface area contributed by atoms with Gasteiger partial charge in [-0.2, -0.15) is 4.31 Å². The molecule has 1 saturated carbocycles. The summed E-state index contributed by atoms with van der Waals surface area (Å²) >= 11 is 0. The lowest BCUT2D eigenvalue weighted by molar-refractivity contribution is 0.226. The Morgan fingerprint density at radius 1 is 1.30 bits per heavy atom. The van der Waals surface area contributed by atoms with Crippen LogP contribution in [0.3, 0.4) is 0 Å². The van der Waals surface area contributed by atoms with Crippen molar-refractivity contribution in [2.75, 3.05) is 18.9 Å². The summed E-state index contributed by atoms with van der Waals surface area (Å²) in [5.41, 5.74) is 5.58. The lowest BCUT2D eigenvalue weighted by Crippen LogP contribution is -2.40. The van der Waals surface area contributed by atoms with E-state index in [0.717, 1.165) is 37.8 Å². The highest BCUT2D eigenvalue weighted by atomic mass is 32.2. The van der Waals surface area contributed by atoms with E-state index < -0.39 is 15.8 Å². The van der Waals surface area contributed by atoms with Gasteiger partial charge >= 0.3 is 0 Å². The maximum Gasteiger partial charge on any atom is 0.243 e. The van der Waals surface area contributed by atoms with Crippen LogP contribution in [0.25, 0.3) is 0 Å². The third-order valence-electron chi connectivity index (χ3n) is 3.55. The molecule has 7 heteroatoms. The fourth-order valence-electron chi connectivity index (χ4n) is 2.66. The molecule has 0 amide bonds. The van der Waals surface area contributed by atoms with Crippen molar-refractivity contribution in [1.29, 1.82) is 0 Å². The van der Waals surface area contributed by atoms with Gasteiger partial charge in [0.2, 0.25) is 10.0 Å². The molecule has 0 atom stereocenters. The molecule has 0 unspecified atom stereocenters. The number of halogens is 1. The van der Waals surface area contributed by atoms with Gasteiger partial charge in [0.05, 0.1) is 11.5 Å². The average Bonchev–Trinajstić information content (AvgIpc) is 2.88. The van der Waals surface area contributed by atoms with E-state index in [9.17, 15) is 12.8 Å². The lowest BCUT2D eigenvalue weighted by Gasteiger charge is -2.27. The number of nitrogens with two attached hydrogens (primary N) is 1. The largest absolute Gasteiger partial charge is 0.399 e. The molecular formula is C13H19FN2O3S. The Morgan fingerprint density at radius 3 is 2.50 bits per heavy atom. The smallest absolute Gasteiger partial charge is 0.243 e. The SMILES string of the molecule is Nc1cc(F)cc(S(=O)(=O)N(CCO)C2CCCC2)c1. The van der Waals surface area contributed by atoms with E-state index in [-0.39, 0.29) is 29.8 Å². The molecule has 112 valence electrons. The summed E-state index contributed by atoms with van der Waals surface area (Å²) in [6.07, 6.45) is 3.47. The van der Waals surface area contributed by atoms with Gasteiger partial charge in [-0.1, -0.05) is 12.8 Å². The van der Waals surface area contributed by atoms with E-state index in [1.165, 1.54) is 10.4 Å². The molecular weight excluding hydrogens is 283 g/mol. The zero-order valence-electron chi connectivity index (χ0n) is 11.1. The van der Waals surface area contributed by atoms with Crippen molar-refractivity contribution in [1.82, 2.24) is 4.31 Å². The highest BCUT2D eigenvalue weighted by Gasteiger charge is 2.33. The van der Waals surface area contributed by atoms with E-state index in [0.29, 0.717) is 0 Å². The Bertz CT molecular complexity index is 551. The van der Waals surface area contributed by atoms with Crippen LogP contribution in [0.15, 0.2) is 23.1 Å². The van der Waals surface area contributed by atoms with Gasteiger partial charge in [-0.3, -0.25) is 0 Å². The van der Waals surface area contributed by atoms with E-state index in [1.54, 1.807) is 0 Å². The minimum atomic E-state index is -3.84. The van der Waals surface area contributed by atoms with Crippen LogP contribution in [-0.4, -0.2) is 37.0 Å². The number of sulfonamides is 1. The van der Waals surface area contributed by atoms with Crippen LogP contribution in [0.5, 0.6) is 0 Å². The molecule has 0 heterocycles. The first kappa shape index (κ1) is 15.2. The van der Waals surface area contributed by atoms with Crippen molar-refractivity contribution < 1.29 is 17.9 Å². The van der Waals surface area contributed by atoms with Crippen LogP contribution in [-0.2, 0) is 10.0 Å². The molecule has 1 aliphatic carbocycles. The maximum atomic E-state index is 13.4. The van der Waals surface area contributed by atoms with Crippen LogP contribution >= 0.6 is 0 Å². The molecule has 1 aliphatic rings. The topological polar surface area (TPSA) is 83.6 Å². The summed E-state index contributed by atoms with van der Waals surface area (Å²) in [5.74, 6) is -0.682. The van der Waals surface area contributed by atoms with Crippen molar-refractivity contribution in [2.45, 2.75) is 36.6 Å². The summed E-state index contributed by atoms with van der Waals surface area (Å²) in [6.45, 7) is -0.246. The second-order valence-corrected chi connectivity index (χ2v) is 6.89. The molecule has 3 N–H and O–H groups in total. The standard InChI is InChI=1S/C13H19FN2O3S/c14-10-7-11(15)9-13(8-10)20(18,19)16(5-6-17)12-3-1-2-4-12/h7-9,12,17H,1-6,15H2. The first-order valence-corrected chi connectivity index (χ1v) is 8.08. The Kier molecular flexibility index (Phi) is 4.62. The van der Waals surface area contributed by atoms with Crippen molar-refractivity contribution in [2.24, 2.45) is 0 Å². The lowest BCUT2D eigenvalue weighted by atomic mass is 10.2. The predicted octanol–water partition coefficient (Wildman–Crippen LogP) is 1.33. The molecule has 5 nitrogen and oxygen atoms in total. The Morgan fingerprint density at radius 2 is 1.95 bits per heavy atom. The number of aliphatic hydroxyl groups is 1. The van der Waals surface area contributed by atoms with Crippen LogP contribution in [0.2, 0.25) is 0 Å². The average molecular weight is 302 g/mol.